The molecule has 1 aromatic heterocycles. The van der Waals surface area contributed by atoms with Crippen molar-refractivity contribution in [3.8, 4) is 0 Å². The maximum absolute atomic E-state index is 6.14. The zero-order valence-electron chi connectivity index (χ0n) is 9.88. The van der Waals surface area contributed by atoms with E-state index >= 15 is 0 Å². The molecule has 1 aliphatic rings. The van der Waals surface area contributed by atoms with Crippen LogP contribution in [0.5, 0.6) is 0 Å². The number of nitrogens with zero attached hydrogens (tertiary/aromatic N) is 2. The van der Waals surface area contributed by atoms with Crippen molar-refractivity contribution in [2.45, 2.75) is 45.1 Å². The summed E-state index contributed by atoms with van der Waals surface area (Å²) in [6.45, 7) is 3.01. The molecule has 17 heavy (non-hydrogen) atoms. The van der Waals surface area contributed by atoms with E-state index in [0.717, 1.165) is 53.8 Å². The second-order valence-electron chi connectivity index (χ2n) is 4.28. The topological polar surface area (TPSA) is 35.0 Å². The fourth-order valence-corrected chi connectivity index (χ4v) is 2.73. The molecular formula is C12H16ClIN2O. The fraction of sp³-hybridized carbons (Fsp3) is 0.667. The van der Waals surface area contributed by atoms with Crippen LogP contribution in [0.1, 0.15) is 37.7 Å². The molecule has 1 atom stereocenters. The van der Waals surface area contributed by atoms with Gasteiger partial charge in [0.1, 0.15) is 11.0 Å². The van der Waals surface area contributed by atoms with Crippen molar-refractivity contribution in [1.82, 2.24) is 9.97 Å². The Labute approximate surface area is 120 Å². The van der Waals surface area contributed by atoms with E-state index in [1.54, 1.807) is 0 Å². The van der Waals surface area contributed by atoms with Crippen LogP contribution in [0, 0.1) is 3.57 Å². The van der Waals surface area contributed by atoms with E-state index in [1.165, 1.54) is 0 Å². The Morgan fingerprint density at radius 3 is 2.94 bits per heavy atom. The van der Waals surface area contributed by atoms with Crippen LogP contribution in [0.2, 0.25) is 5.15 Å². The van der Waals surface area contributed by atoms with Gasteiger partial charge in [-0.2, -0.15) is 0 Å². The minimum Gasteiger partial charge on any atom is -0.378 e. The van der Waals surface area contributed by atoms with Crippen molar-refractivity contribution in [2.24, 2.45) is 0 Å². The molecule has 1 saturated heterocycles. The van der Waals surface area contributed by atoms with Crippen molar-refractivity contribution in [3.63, 3.8) is 0 Å². The van der Waals surface area contributed by atoms with E-state index in [4.69, 9.17) is 16.3 Å². The van der Waals surface area contributed by atoms with Gasteiger partial charge in [0.25, 0.3) is 0 Å². The lowest BCUT2D eigenvalue weighted by atomic mass is 10.1. The molecule has 1 unspecified atom stereocenters. The summed E-state index contributed by atoms with van der Waals surface area (Å²) < 4.78 is 6.59. The van der Waals surface area contributed by atoms with Gasteiger partial charge in [-0.1, -0.05) is 24.9 Å². The summed E-state index contributed by atoms with van der Waals surface area (Å²) >= 11 is 8.36. The summed E-state index contributed by atoms with van der Waals surface area (Å²) in [4.78, 5) is 8.95. The molecule has 2 rings (SSSR count). The van der Waals surface area contributed by atoms with Crippen LogP contribution >= 0.6 is 34.2 Å². The Morgan fingerprint density at radius 1 is 1.47 bits per heavy atom. The van der Waals surface area contributed by atoms with Gasteiger partial charge < -0.3 is 4.74 Å². The van der Waals surface area contributed by atoms with E-state index in [9.17, 15) is 0 Å². The maximum Gasteiger partial charge on any atom is 0.146 e. The zero-order chi connectivity index (χ0) is 12.3. The number of hydrogen-bond donors (Lipinski definition) is 0. The third kappa shape index (κ3) is 3.51. The van der Waals surface area contributed by atoms with Gasteiger partial charge in [-0.05, 0) is 41.9 Å². The number of aryl methyl sites for hydroxylation is 1. The Hall–Kier alpha value is 0.0600. The van der Waals surface area contributed by atoms with Crippen LogP contribution in [0.25, 0.3) is 0 Å². The molecule has 3 nitrogen and oxygen atoms in total. The molecule has 0 aromatic carbocycles. The fourth-order valence-electron chi connectivity index (χ4n) is 2.01. The van der Waals surface area contributed by atoms with Crippen LogP contribution in [-0.2, 0) is 17.6 Å². The summed E-state index contributed by atoms with van der Waals surface area (Å²) in [6, 6.07) is 0. The number of halogens is 2. The highest BCUT2D eigenvalue weighted by atomic mass is 127. The highest BCUT2D eigenvalue weighted by Gasteiger charge is 2.19. The van der Waals surface area contributed by atoms with Gasteiger partial charge in [-0.25, -0.2) is 9.97 Å². The Bertz CT molecular complexity index is 394. The standard InChI is InChI=1S/C12H16ClIN2O/c1-2-4-9-11(14)12(13)16-10(15-9)7-8-5-3-6-17-8/h8H,2-7H2,1H3. The van der Waals surface area contributed by atoms with Crippen molar-refractivity contribution in [3.05, 3.63) is 20.2 Å². The molecule has 1 fully saturated rings. The molecule has 1 aliphatic heterocycles. The van der Waals surface area contributed by atoms with Crippen molar-refractivity contribution in [1.29, 1.82) is 0 Å². The molecule has 0 bridgehead atoms. The van der Waals surface area contributed by atoms with Crippen LogP contribution in [0.3, 0.4) is 0 Å². The largest absolute Gasteiger partial charge is 0.378 e. The first-order valence-electron chi connectivity index (χ1n) is 6.03. The second kappa shape index (κ2) is 6.29. The van der Waals surface area contributed by atoms with Gasteiger partial charge in [0.15, 0.2) is 0 Å². The van der Waals surface area contributed by atoms with E-state index < -0.39 is 0 Å². The molecule has 5 heteroatoms. The SMILES string of the molecule is CCCc1nc(CC2CCCO2)nc(Cl)c1I. The van der Waals surface area contributed by atoms with Gasteiger partial charge in [-0.3, -0.25) is 0 Å². The average Bonchev–Trinajstić information content (AvgIpc) is 2.78. The van der Waals surface area contributed by atoms with Gasteiger partial charge in [-0.15, -0.1) is 0 Å². The second-order valence-corrected chi connectivity index (χ2v) is 5.72. The Morgan fingerprint density at radius 2 is 2.29 bits per heavy atom. The maximum atomic E-state index is 6.14. The number of hydrogen-bond acceptors (Lipinski definition) is 3. The molecule has 0 radical (unpaired) electrons. The molecule has 0 saturated carbocycles. The van der Waals surface area contributed by atoms with Gasteiger partial charge in [0.05, 0.1) is 15.4 Å². The third-order valence-electron chi connectivity index (χ3n) is 2.85. The third-order valence-corrected chi connectivity index (χ3v) is 4.57. The molecule has 94 valence electrons. The van der Waals surface area contributed by atoms with Crippen molar-refractivity contribution >= 4 is 34.2 Å². The molecule has 0 spiro atoms. The van der Waals surface area contributed by atoms with Crippen LogP contribution in [0.15, 0.2) is 0 Å². The lowest BCUT2D eigenvalue weighted by Gasteiger charge is -2.11. The molecule has 0 amide bonds. The Balaban J connectivity index is 2.16. The number of rotatable bonds is 4. The van der Waals surface area contributed by atoms with Gasteiger partial charge >= 0.3 is 0 Å². The predicted molar refractivity (Wildman–Crippen MR) is 76.4 cm³/mol. The first kappa shape index (κ1) is 13.5. The molecular weight excluding hydrogens is 351 g/mol. The summed E-state index contributed by atoms with van der Waals surface area (Å²) in [6.07, 6.45) is 5.34. The monoisotopic (exact) mass is 366 g/mol. The van der Waals surface area contributed by atoms with Gasteiger partial charge in [0.2, 0.25) is 0 Å². The lowest BCUT2D eigenvalue weighted by Crippen LogP contribution is -2.13. The van der Waals surface area contributed by atoms with Crippen LogP contribution in [-0.4, -0.2) is 22.7 Å². The molecule has 1 aromatic rings. The highest BCUT2D eigenvalue weighted by Crippen LogP contribution is 2.22. The lowest BCUT2D eigenvalue weighted by molar-refractivity contribution is 0.110. The van der Waals surface area contributed by atoms with Gasteiger partial charge in [0, 0.05) is 13.0 Å². The van der Waals surface area contributed by atoms with Crippen molar-refractivity contribution in [2.75, 3.05) is 6.61 Å². The number of aromatic nitrogens is 2. The first-order chi connectivity index (χ1) is 8.20. The Kier molecular flexibility index (Phi) is 4.99. The van der Waals surface area contributed by atoms with Crippen molar-refractivity contribution < 1.29 is 4.74 Å². The zero-order valence-corrected chi connectivity index (χ0v) is 12.8. The summed E-state index contributed by atoms with van der Waals surface area (Å²) in [5.74, 6) is 0.825. The van der Waals surface area contributed by atoms with Crippen LogP contribution in [0.4, 0.5) is 0 Å². The van der Waals surface area contributed by atoms with Crippen LogP contribution < -0.4 is 0 Å². The summed E-state index contributed by atoms with van der Waals surface area (Å²) in [5.41, 5.74) is 1.07. The summed E-state index contributed by atoms with van der Waals surface area (Å²) in [5, 5.41) is 0.581. The molecule has 0 aliphatic carbocycles. The minimum atomic E-state index is 0.278. The van der Waals surface area contributed by atoms with E-state index in [2.05, 4.69) is 39.5 Å². The minimum absolute atomic E-state index is 0.278. The highest BCUT2D eigenvalue weighted by molar-refractivity contribution is 14.1. The quantitative estimate of drug-likeness (QED) is 0.605. The van der Waals surface area contributed by atoms with E-state index in [0.29, 0.717) is 5.15 Å². The number of ether oxygens (including phenoxy) is 1. The van der Waals surface area contributed by atoms with E-state index in [1.807, 2.05) is 0 Å². The first-order valence-corrected chi connectivity index (χ1v) is 7.48. The molecule has 2 heterocycles. The smallest absolute Gasteiger partial charge is 0.146 e. The molecule has 0 N–H and O–H groups in total. The predicted octanol–water partition coefficient (Wildman–Crippen LogP) is 3.41. The summed E-state index contributed by atoms with van der Waals surface area (Å²) in [7, 11) is 0. The van der Waals surface area contributed by atoms with E-state index in [-0.39, 0.29) is 6.10 Å². The average molecular weight is 367 g/mol. The normalized spacial score (nSPS) is 19.8.